The normalized spacial score (nSPS) is 24.2. The van der Waals surface area contributed by atoms with E-state index in [1.54, 1.807) is 0 Å². The Balaban J connectivity index is 1.57. The number of carbonyl (C=O) groups excluding carboxylic acids is 1. The van der Waals surface area contributed by atoms with Crippen molar-refractivity contribution in [3.63, 3.8) is 0 Å². The summed E-state index contributed by atoms with van der Waals surface area (Å²) in [5, 5.41) is 19.7. The Morgan fingerprint density at radius 2 is 1.70 bits per heavy atom. The van der Waals surface area contributed by atoms with Gasteiger partial charge in [0.05, 0.1) is 34.7 Å². The Bertz CT molecular complexity index is 1980. The van der Waals surface area contributed by atoms with Gasteiger partial charge in [-0.15, -0.1) is 0 Å². The van der Waals surface area contributed by atoms with E-state index < -0.39 is 17.6 Å². The molecule has 2 aromatic heterocycles. The van der Waals surface area contributed by atoms with Gasteiger partial charge >= 0.3 is 0 Å². The highest BCUT2D eigenvalue weighted by Gasteiger charge is 2.61. The van der Waals surface area contributed by atoms with E-state index in [1.807, 2.05) is 30.4 Å². The second-order valence-corrected chi connectivity index (χ2v) is 14.4. The first-order valence-electron chi connectivity index (χ1n) is 14.9. The first kappa shape index (κ1) is 27.8. The van der Waals surface area contributed by atoms with Gasteiger partial charge in [-0.3, -0.25) is 4.79 Å². The molecule has 3 unspecified atom stereocenters. The predicted octanol–water partition coefficient (Wildman–Crippen LogP) is 6.57. The summed E-state index contributed by atoms with van der Waals surface area (Å²) in [4.78, 5) is 24.1. The lowest BCUT2D eigenvalue weighted by atomic mass is 9.89. The number of nitrogens with zero attached hydrogens (tertiary/aromatic N) is 2. The third-order valence-corrected chi connectivity index (χ3v) is 11.5. The number of rotatable bonds is 9. The topological polar surface area (TPSA) is 86.9 Å². The van der Waals surface area contributed by atoms with E-state index in [1.165, 1.54) is 18.2 Å². The van der Waals surface area contributed by atoms with Crippen LogP contribution in [0.5, 0.6) is 0 Å². The molecular formula is C33H35N3O5S2. The van der Waals surface area contributed by atoms with Gasteiger partial charge in [-0.1, -0.05) is 26.0 Å². The van der Waals surface area contributed by atoms with Gasteiger partial charge in [0.15, 0.2) is 5.72 Å². The van der Waals surface area contributed by atoms with Gasteiger partial charge in [-0.05, 0) is 59.4 Å². The third-order valence-electron chi connectivity index (χ3n) is 9.65. The zero-order valence-corrected chi connectivity index (χ0v) is 26.4. The molecule has 224 valence electrons. The lowest BCUT2D eigenvalue weighted by molar-refractivity contribution is -0.315. The molecule has 5 heterocycles. The lowest BCUT2D eigenvalue weighted by Gasteiger charge is -2.39. The summed E-state index contributed by atoms with van der Waals surface area (Å²) in [6, 6.07) is 13.2. The maximum Gasteiger partial charge on any atom is 0.252 e. The monoisotopic (exact) mass is 617 g/mol. The average molecular weight is 618 g/mol. The Labute approximate surface area is 257 Å². The average Bonchev–Trinajstić information content (AvgIpc) is 3.70. The van der Waals surface area contributed by atoms with Crippen molar-refractivity contribution in [2.45, 2.75) is 62.8 Å². The van der Waals surface area contributed by atoms with Crippen LogP contribution in [0, 0.1) is 0 Å². The van der Waals surface area contributed by atoms with Crippen molar-refractivity contribution in [3.8, 4) is 0 Å². The fourth-order valence-corrected chi connectivity index (χ4v) is 8.92. The molecule has 3 atom stereocenters. The fraction of sp³-hybridized carbons (Fsp3) is 0.424. The summed E-state index contributed by atoms with van der Waals surface area (Å²) in [5.41, 5.74) is 5.61. The molecule has 8 rings (SSSR count). The third kappa shape index (κ3) is 3.65. The number of fused-ring (bicyclic) bond motifs is 13. The molecule has 1 fully saturated rings. The molecule has 10 heteroatoms. The SMILES string of the molecule is CCSCc1ccc2c(c1)c1c3c(c4c5cc(CSCC)ccc5n5c4c1n2C1CC(O)(COOC)C5(C)O1)CNC3=O. The Hall–Kier alpha value is -2.73. The van der Waals surface area contributed by atoms with Crippen LogP contribution >= 0.6 is 23.5 Å². The number of amides is 1. The zero-order chi connectivity index (χ0) is 29.7. The van der Waals surface area contributed by atoms with E-state index in [0.29, 0.717) is 13.0 Å². The number of ether oxygens (including phenoxy) is 1. The number of aliphatic hydroxyl groups is 1. The standard InChI is InChI=1S/C33H35N3O5S2/c1-5-42-15-18-7-9-23-20(11-18)27-28-22(14-34-31(28)37)26-21-12-19(16-43-6-2)8-10-24(21)36-30(26)29(27)35(23)25-13-33(38,17-40-39-4)32(36,3)41-25/h7-12,25,38H,5-6,13-17H2,1-4H3,(H,34,37). The molecule has 2 N–H and O–H groups in total. The summed E-state index contributed by atoms with van der Waals surface area (Å²) in [6.07, 6.45) is -0.180. The number of hydrogen-bond acceptors (Lipinski definition) is 7. The van der Waals surface area contributed by atoms with E-state index in [0.717, 1.165) is 77.8 Å². The number of carbonyl (C=O) groups is 1. The molecule has 2 bridgehead atoms. The van der Waals surface area contributed by atoms with E-state index in [9.17, 15) is 9.90 Å². The zero-order valence-electron chi connectivity index (χ0n) is 24.8. The number of hydrogen-bond donors (Lipinski definition) is 2. The van der Waals surface area contributed by atoms with Crippen LogP contribution in [0.25, 0.3) is 43.6 Å². The van der Waals surface area contributed by atoms with Crippen LogP contribution in [-0.2, 0) is 38.3 Å². The van der Waals surface area contributed by atoms with Crippen molar-refractivity contribution < 1.29 is 24.4 Å². The lowest BCUT2D eigenvalue weighted by Crippen LogP contribution is -2.53. The first-order chi connectivity index (χ1) is 20.8. The minimum Gasteiger partial charge on any atom is -0.382 e. The molecule has 8 nitrogen and oxygen atoms in total. The van der Waals surface area contributed by atoms with Gasteiger partial charge in [-0.25, -0.2) is 9.78 Å². The van der Waals surface area contributed by atoms with E-state index in [2.05, 4.69) is 64.7 Å². The predicted molar refractivity (Wildman–Crippen MR) is 174 cm³/mol. The van der Waals surface area contributed by atoms with Crippen LogP contribution in [0.4, 0.5) is 0 Å². The molecule has 43 heavy (non-hydrogen) atoms. The van der Waals surface area contributed by atoms with Crippen LogP contribution in [0.15, 0.2) is 36.4 Å². The van der Waals surface area contributed by atoms with Gasteiger partial charge in [0, 0.05) is 46.0 Å². The van der Waals surface area contributed by atoms with Gasteiger partial charge in [0.25, 0.3) is 5.91 Å². The quantitative estimate of drug-likeness (QED) is 0.143. The van der Waals surface area contributed by atoms with Gasteiger partial charge in [0.1, 0.15) is 18.4 Å². The van der Waals surface area contributed by atoms with Gasteiger partial charge < -0.3 is 24.3 Å². The largest absolute Gasteiger partial charge is 0.382 e. The molecule has 3 aromatic carbocycles. The molecule has 0 spiro atoms. The molecular weight excluding hydrogens is 583 g/mol. The van der Waals surface area contributed by atoms with Crippen LogP contribution in [-0.4, -0.2) is 51.0 Å². The van der Waals surface area contributed by atoms with E-state index in [-0.39, 0.29) is 12.5 Å². The van der Waals surface area contributed by atoms with Gasteiger partial charge in [0.2, 0.25) is 0 Å². The molecule has 3 aliphatic rings. The van der Waals surface area contributed by atoms with Crippen LogP contribution in [0.2, 0.25) is 0 Å². The minimum atomic E-state index is -1.39. The fourth-order valence-electron chi connectivity index (χ4n) is 7.69. The van der Waals surface area contributed by atoms with Gasteiger partial charge in [-0.2, -0.15) is 23.5 Å². The maximum absolute atomic E-state index is 13.7. The first-order valence-corrected chi connectivity index (χ1v) is 17.2. The van der Waals surface area contributed by atoms with Crippen LogP contribution in [0.1, 0.15) is 60.5 Å². The molecule has 0 saturated carbocycles. The van der Waals surface area contributed by atoms with Crippen molar-refractivity contribution in [2.75, 3.05) is 25.2 Å². The van der Waals surface area contributed by atoms with Crippen molar-refractivity contribution in [3.05, 3.63) is 58.7 Å². The Morgan fingerprint density at radius 3 is 2.37 bits per heavy atom. The van der Waals surface area contributed by atoms with Crippen molar-refractivity contribution >= 4 is 73.0 Å². The van der Waals surface area contributed by atoms with E-state index in [4.69, 9.17) is 14.5 Å². The summed E-state index contributed by atoms with van der Waals surface area (Å²) >= 11 is 3.77. The molecule has 5 aromatic rings. The van der Waals surface area contributed by atoms with Crippen LogP contribution in [0.3, 0.4) is 0 Å². The number of benzene rings is 3. The van der Waals surface area contributed by atoms with Crippen molar-refractivity contribution in [2.24, 2.45) is 0 Å². The second-order valence-electron chi connectivity index (χ2n) is 11.9. The molecule has 1 amide bonds. The highest BCUT2D eigenvalue weighted by molar-refractivity contribution is 7.98. The summed E-state index contributed by atoms with van der Waals surface area (Å²) in [5.74, 6) is 3.84. The molecule has 0 radical (unpaired) electrons. The minimum absolute atomic E-state index is 0.0329. The summed E-state index contributed by atoms with van der Waals surface area (Å²) < 4.78 is 11.4. The van der Waals surface area contributed by atoms with Crippen LogP contribution < -0.4 is 5.32 Å². The number of thioether (sulfide) groups is 2. The second kappa shape index (κ2) is 9.89. The Morgan fingerprint density at radius 1 is 1.02 bits per heavy atom. The van der Waals surface area contributed by atoms with Crippen molar-refractivity contribution in [1.82, 2.24) is 14.5 Å². The highest BCUT2D eigenvalue weighted by atomic mass is 32.2. The molecule has 3 aliphatic heterocycles. The van der Waals surface area contributed by atoms with E-state index >= 15 is 0 Å². The molecule has 0 aliphatic carbocycles. The van der Waals surface area contributed by atoms with Crippen molar-refractivity contribution in [1.29, 1.82) is 0 Å². The Kier molecular flexibility index (Phi) is 6.39. The smallest absolute Gasteiger partial charge is 0.252 e. The number of nitrogens with one attached hydrogen (secondary N) is 1. The highest BCUT2D eigenvalue weighted by Crippen LogP contribution is 2.57. The molecule has 1 saturated heterocycles. The maximum atomic E-state index is 13.7. The summed E-state index contributed by atoms with van der Waals surface area (Å²) in [6.45, 7) is 6.71. The summed E-state index contributed by atoms with van der Waals surface area (Å²) in [7, 11) is 1.46. The number of aromatic nitrogens is 2.